The van der Waals surface area contributed by atoms with Gasteiger partial charge in [0.25, 0.3) is 0 Å². The average Bonchev–Trinajstić information content (AvgIpc) is 3.01. The fraction of sp³-hybridized carbons (Fsp3) is 0.867. The van der Waals surface area contributed by atoms with Gasteiger partial charge in [-0.25, -0.2) is 4.79 Å². The molecule has 1 saturated carbocycles. The van der Waals surface area contributed by atoms with Crippen molar-refractivity contribution in [1.29, 1.82) is 0 Å². The summed E-state index contributed by atoms with van der Waals surface area (Å²) in [5, 5.41) is 9.47. The zero-order valence-electron chi connectivity index (χ0n) is 12.1. The second-order valence-electron chi connectivity index (χ2n) is 6.69. The van der Waals surface area contributed by atoms with Gasteiger partial charge in [-0.3, -0.25) is 4.79 Å². The molecule has 4 unspecified atom stereocenters. The minimum absolute atomic E-state index is 0.00234. The number of likely N-dealkylation sites (tertiary alicyclic amines) is 2. The van der Waals surface area contributed by atoms with Crippen molar-refractivity contribution in [2.75, 3.05) is 20.1 Å². The van der Waals surface area contributed by atoms with Gasteiger partial charge in [0.2, 0.25) is 5.91 Å². The first kappa shape index (κ1) is 13.9. The first-order valence-electron chi connectivity index (χ1n) is 7.81. The smallest absolute Gasteiger partial charge is 0.326 e. The van der Waals surface area contributed by atoms with E-state index in [1.165, 1.54) is 6.42 Å². The van der Waals surface area contributed by atoms with Crippen LogP contribution in [0, 0.1) is 11.8 Å². The van der Waals surface area contributed by atoms with E-state index in [9.17, 15) is 14.7 Å². The van der Waals surface area contributed by atoms with Crippen LogP contribution in [0.2, 0.25) is 0 Å². The molecule has 2 aliphatic heterocycles. The van der Waals surface area contributed by atoms with Crippen LogP contribution >= 0.6 is 0 Å². The Kier molecular flexibility index (Phi) is 3.71. The summed E-state index contributed by atoms with van der Waals surface area (Å²) in [5.74, 6) is -0.314. The van der Waals surface area contributed by atoms with E-state index in [2.05, 4.69) is 4.90 Å². The Bertz CT molecular complexity index is 412. The Balaban J connectivity index is 1.80. The van der Waals surface area contributed by atoms with Crippen molar-refractivity contribution in [3.63, 3.8) is 0 Å². The van der Waals surface area contributed by atoms with E-state index in [0.29, 0.717) is 12.3 Å². The van der Waals surface area contributed by atoms with Gasteiger partial charge < -0.3 is 14.9 Å². The topological polar surface area (TPSA) is 60.9 Å². The number of hydrogen-bond acceptors (Lipinski definition) is 3. The summed E-state index contributed by atoms with van der Waals surface area (Å²) in [6.07, 6.45) is 5.92. The number of aliphatic carboxylic acids is 1. The maximum absolute atomic E-state index is 12.8. The molecule has 2 heterocycles. The lowest BCUT2D eigenvalue weighted by molar-refractivity contribution is -0.151. The highest BCUT2D eigenvalue weighted by molar-refractivity contribution is 5.86. The molecular formula is C15H24N2O3. The lowest BCUT2D eigenvalue weighted by Gasteiger charge is -2.34. The summed E-state index contributed by atoms with van der Waals surface area (Å²) in [7, 11) is 2.02. The van der Waals surface area contributed by atoms with E-state index < -0.39 is 12.0 Å². The minimum Gasteiger partial charge on any atom is -0.480 e. The van der Waals surface area contributed by atoms with Crippen LogP contribution in [-0.2, 0) is 9.59 Å². The van der Waals surface area contributed by atoms with Crippen LogP contribution in [0.15, 0.2) is 0 Å². The van der Waals surface area contributed by atoms with Crippen LogP contribution < -0.4 is 0 Å². The molecule has 5 nitrogen and oxygen atoms in total. The van der Waals surface area contributed by atoms with Gasteiger partial charge in [0.05, 0.1) is 5.92 Å². The third kappa shape index (κ3) is 2.32. The highest BCUT2D eigenvalue weighted by Crippen LogP contribution is 2.41. The van der Waals surface area contributed by atoms with Gasteiger partial charge in [0, 0.05) is 12.6 Å². The Morgan fingerprint density at radius 3 is 2.55 bits per heavy atom. The summed E-state index contributed by atoms with van der Waals surface area (Å²) >= 11 is 0. The molecule has 0 aromatic heterocycles. The Hall–Kier alpha value is -1.10. The monoisotopic (exact) mass is 280 g/mol. The first-order chi connectivity index (χ1) is 9.58. The van der Waals surface area contributed by atoms with Crippen LogP contribution in [0.25, 0.3) is 0 Å². The number of carbonyl (C=O) groups is 2. The number of carboxylic acids is 1. The standard InChI is InChI=1S/C15H24N2O3/c1-16-7-6-11(9-16)14(18)17-12-5-3-2-4-10(12)8-13(17)15(19)20/h10-13H,2-9H2,1H3,(H,19,20). The van der Waals surface area contributed by atoms with Gasteiger partial charge in [-0.05, 0) is 45.2 Å². The summed E-state index contributed by atoms with van der Waals surface area (Å²) in [5.41, 5.74) is 0. The van der Waals surface area contributed by atoms with Gasteiger partial charge in [-0.15, -0.1) is 0 Å². The largest absolute Gasteiger partial charge is 0.480 e. The van der Waals surface area contributed by atoms with Crippen LogP contribution in [0.4, 0.5) is 0 Å². The lowest BCUT2D eigenvalue weighted by atomic mass is 9.84. The third-order valence-corrected chi connectivity index (χ3v) is 5.37. The SMILES string of the molecule is CN1CCC(C(=O)N2C(C(=O)O)CC3CCCCC32)C1. The number of hydrogen-bond donors (Lipinski definition) is 1. The third-order valence-electron chi connectivity index (χ3n) is 5.37. The summed E-state index contributed by atoms with van der Waals surface area (Å²) in [6.45, 7) is 1.72. The molecule has 2 saturated heterocycles. The fourth-order valence-electron chi connectivity index (χ4n) is 4.34. The van der Waals surface area contributed by atoms with Crippen LogP contribution in [0.5, 0.6) is 0 Å². The number of fused-ring (bicyclic) bond motifs is 1. The van der Waals surface area contributed by atoms with Crippen molar-refractivity contribution >= 4 is 11.9 Å². The van der Waals surface area contributed by atoms with Gasteiger partial charge >= 0.3 is 5.97 Å². The Labute approximate surface area is 119 Å². The summed E-state index contributed by atoms with van der Waals surface area (Å²) < 4.78 is 0. The molecule has 3 rings (SSSR count). The maximum atomic E-state index is 12.8. The predicted molar refractivity (Wildman–Crippen MR) is 74.2 cm³/mol. The van der Waals surface area contributed by atoms with Crippen molar-refractivity contribution in [1.82, 2.24) is 9.80 Å². The van der Waals surface area contributed by atoms with E-state index in [4.69, 9.17) is 0 Å². The van der Waals surface area contributed by atoms with Gasteiger partial charge in [-0.1, -0.05) is 12.8 Å². The van der Waals surface area contributed by atoms with E-state index in [1.807, 2.05) is 7.05 Å². The number of nitrogens with zero attached hydrogens (tertiary/aromatic N) is 2. The molecule has 20 heavy (non-hydrogen) atoms. The van der Waals surface area contributed by atoms with Gasteiger partial charge in [0.15, 0.2) is 0 Å². The molecule has 5 heteroatoms. The molecule has 1 aliphatic carbocycles. The number of amides is 1. The molecule has 112 valence electrons. The zero-order valence-corrected chi connectivity index (χ0v) is 12.1. The van der Waals surface area contributed by atoms with E-state index >= 15 is 0 Å². The van der Waals surface area contributed by atoms with E-state index in [1.54, 1.807) is 4.90 Å². The molecule has 0 bridgehead atoms. The minimum atomic E-state index is -0.820. The van der Waals surface area contributed by atoms with E-state index in [0.717, 1.165) is 38.8 Å². The molecule has 1 amide bonds. The highest BCUT2D eigenvalue weighted by Gasteiger charge is 2.49. The molecule has 0 aromatic rings. The molecule has 0 radical (unpaired) electrons. The molecule has 3 aliphatic rings. The van der Waals surface area contributed by atoms with Crippen molar-refractivity contribution in [3.8, 4) is 0 Å². The van der Waals surface area contributed by atoms with Crippen molar-refractivity contribution in [2.24, 2.45) is 11.8 Å². The van der Waals surface area contributed by atoms with Crippen LogP contribution in [-0.4, -0.2) is 59.0 Å². The lowest BCUT2D eigenvalue weighted by Crippen LogP contribution is -2.49. The molecule has 3 fully saturated rings. The molecular weight excluding hydrogens is 256 g/mol. The zero-order chi connectivity index (χ0) is 14.3. The second kappa shape index (κ2) is 5.35. The molecule has 1 N–H and O–H groups in total. The van der Waals surface area contributed by atoms with Crippen molar-refractivity contribution in [2.45, 2.75) is 50.6 Å². The van der Waals surface area contributed by atoms with Crippen molar-refractivity contribution < 1.29 is 14.7 Å². The Morgan fingerprint density at radius 2 is 1.90 bits per heavy atom. The average molecular weight is 280 g/mol. The second-order valence-corrected chi connectivity index (χ2v) is 6.69. The summed E-state index contributed by atoms with van der Waals surface area (Å²) in [4.78, 5) is 28.3. The van der Waals surface area contributed by atoms with Gasteiger partial charge in [0.1, 0.15) is 6.04 Å². The quantitative estimate of drug-likeness (QED) is 0.825. The van der Waals surface area contributed by atoms with Crippen LogP contribution in [0.1, 0.15) is 38.5 Å². The molecule has 0 spiro atoms. The molecule has 4 atom stereocenters. The number of rotatable bonds is 2. The van der Waals surface area contributed by atoms with Crippen molar-refractivity contribution in [3.05, 3.63) is 0 Å². The van der Waals surface area contributed by atoms with Crippen LogP contribution in [0.3, 0.4) is 0 Å². The normalized spacial score (nSPS) is 38.0. The highest BCUT2D eigenvalue weighted by atomic mass is 16.4. The molecule has 0 aromatic carbocycles. The van der Waals surface area contributed by atoms with Gasteiger partial charge in [-0.2, -0.15) is 0 Å². The number of carbonyl (C=O) groups excluding carboxylic acids is 1. The maximum Gasteiger partial charge on any atom is 0.326 e. The fourth-order valence-corrected chi connectivity index (χ4v) is 4.34. The number of carboxylic acid groups (broad SMARTS) is 1. The van der Waals surface area contributed by atoms with E-state index in [-0.39, 0.29) is 17.9 Å². The first-order valence-corrected chi connectivity index (χ1v) is 7.81. The Morgan fingerprint density at radius 1 is 1.15 bits per heavy atom. The predicted octanol–water partition coefficient (Wildman–Crippen LogP) is 1.18. The summed E-state index contributed by atoms with van der Waals surface area (Å²) in [6, 6.07) is -0.398.